The van der Waals surface area contributed by atoms with Crippen LogP contribution in [0.5, 0.6) is 0 Å². The number of carbonyl (C=O) groups excluding carboxylic acids is 1. The molecule has 1 unspecified atom stereocenters. The summed E-state index contributed by atoms with van der Waals surface area (Å²) in [6.45, 7) is 10.4. The van der Waals surface area contributed by atoms with Crippen LogP contribution in [0.15, 0.2) is 12.7 Å². The molecule has 1 atom stereocenters. The minimum Gasteiger partial charge on any atom is -0.460 e. The van der Waals surface area contributed by atoms with Crippen LogP contribution >= 0.6 is 7.60 Å². The Kier molecular flexibility index (Phi) is 7.35. The molecule has 0 radical (unpaired) electrons. The molecule has 17 heavy (non-hydrogen) atoms. The molecule has 0 rings (SSSR count). The maximum atomic E-state index is 12.2. The molecule has 0 aromatic carbocycles. The second-order valence-electron chi connectivity index (χ2n) is 3.99. The first-order valence-electron chi connectivity index (χ1n) is 5.53. The smallest absolute Gasteiger partial charge is 0.333 e. The summed E-state index contributed by atoms with van der Waals surface area (Å²) in [6, 6.07) is 0. The summed E-state index contributed by atoms with van der Waals surface area (Å²) < 4.78 is 27.5. The van der Waals surface area contributed by atoms with Crippen molar-refractivity contribution in [3.63, 3.8) is 0 Å². The van der Waals surface area contributed by atoms with Gasteiger partial charge in [0.05, 0.1) is 18.4 Å². The van der Waals surface area contributed by atoms with Crippen LogP contribution < -0.4 is 0 Å². The SMILES string of the molecule is C=CC(=O)OCCOP(=O)(OC(C)C)C(C)C. The van der Waals surface area contributed by atoms with Crippen LogP contribution in [0, 0.1) is 0 Å². The molecule has 0 aliphatic carbocycles. The fourth-order valence-corrected chi connectivity index (χ4v) is 2.48. The van der Waals surface area contributed by atoms with Crippen molar-refractivity contribution in [2.75, 3.05) is 13.2 Å². The Morgan fingerprint density at radius 1 is 1.29 bits per heavy atom. The summed E-state index contributed by atoms with van der Waals surface area (Å²) in [7, 11) is -3.13. The molecule has 0 aliphatic rings. The van der Waals surface area contributed by atoms with Gasteiger partial charge in [0, 0.05) is 6.08 Å². The first kappa shape index (κ1) is 16.4. The van der Waals surface area contributed by atoms with Crippen LogP contribution in [-0.2, 0) is 23.1 Å². The lowest BCUT2D eigenvalue weighted by Gasteiger charge is -2.23. The fourth-order valence-electron chi connectivity index (χ4n) is 0.961. The van der Waals surface area contributed by atoms with Gasteiger partial charge in [-0.15, -0.1) is 0 Å². The second kappa shape index (κ2) is 7.64. The topological polar surface area (TPSA) is 61.8 Å². The Morgan fingerprint density at radius 3 is 2.29 bits per heavy atom. The van der Waals surface area contributed by atoms with E-state index in [1.165, 1.54) is 0 Å². The zero-order valence-electron chi connectivity index (χ0n) is 10.8. The van der Waals surface area contributed by atoms with Crippen molar-refractivity contribution in [2.45, 2.75) is 39.5 Å². The molecular weight excluding hydrogens is 243 g/mol. The lowest BCUT2D eigenvalue weighted by Crippen LogP contribution is -2.14. The Bertz CT molecular complexity index is 298. The molecule has 0 heterocycles. The van der Waals surface area contributed by atoms with Crippen molar-refractivity contribution in [1.82, 2.24) is 0 Å². The van der Waals surface area contributed by atoms with E-state index in [4.69, 9.17) is 13.8 Å². The summed E-state index contributed by atoms with van der Waals surface area (Å²) in [5.41, 5.74) is -0.236. The molecule has 0 amide bonds. The Labute approximate surface area is 103 Å². The van der Waals surface area contributed by atoms with Gasteiger partial charge in [-0.25, -0.2) is 4.79 Å². The van der Waals surface area contributed by atoms with E-state index in [1.54, 1.807) is 27.7 Å². The third kappa shape index (κ3) is 6.61. The van der Waals surface area contributed by atoms with E-state index in [2.05, 4.69) is 6.58 Å². The summed E-state index contributed by atoms with van der Waals surface area (Å²) in [5.74, 6) is -0.530. The highest BCUT2D eigenvalue weighted by molar-refractivity contribution is 7.54. The fraction of sp³-hybridized carbons (Fsp3) is 0.727. The highest BCUT2D eigenvalue weighted by Crippen LogP contribution is 2.53. The minimum atomic E-state index is -3.13. The molecule has 0 fully saturated rings. The normalized spacial score (nSPS) is 14.7. The summed E-state index contributed by atoms with van der Waals surface area (Å²) in [5, 5.41) is 0. The maximum absolute atomic E-state index is 12.2. The summed E-state index contributed by atoms with van der Waals surface area (Å²) >= 11 is 0. The van der Waals surface area contributed by atoms with Gasteiger partial charge in [0.1, 0.15) is 6.61 Å². The van der Waals surface area contributed by atoms with E-state index >= 15 is 0 Å². The van der Waals surface area contributed by atoms with Gasteiger partial charge in [0.25, 0.3) is 0 Å². The van der Waals surface area contributed by atoms with Crippen LogP contribution in [0.2, 0.25) is 0 Å². The predicted octanol–water partition coefficient (Wildman–Crippen LogP) is 2.76. The van der Waals surface area contributed by atoms with Crippen LogP contribution in [-0.4, -0.2) is 30.9 Å². The zero-order chi connectivity index (χ0) is 13.5. The van der Waals surface area contributed by atoms with E-state index < -0.39 is 13.6 Å². The van der Waals surface area contributed by atoms with Gasteiger partial charge in [0.15, 0.2) is 0 Å². The van der Waals surface area contributed by atoms with E-state index in [0.29, 0.717) is 0 Å². The van der Waals surface area contributed by atoms with E-state index in [-0.39, 0.29) is 25.0 Å². The number of hydrogen-bond acceptors (Lipinski definition) is 5. The molecule has 0 aromatic rings. The molecule has 100 valence electrons. The third-order valence-corrected chi connectivity index (χ3v) is 4.28. The Balaban J connectivity index is 4.15. The van der Waals surface area contributed by atoms with Crippen molar-refractivity contribution < 1.29 is 23.1 Å². The molecule has 0 aliphatic heterocycles. The molecule has 0 N–H and O–H groups in total. The van der Waals surface area contributed by atoms with Crippen LogP contribution in [0.3, 0.4) is 0 Å². The Morgan fingerprint density at radius 2 is 1.88 bits per heavy atom. The molecule has 0 saturated heterocycles. The van der Waals surface area contributed by atoms with Crippen molar-refractivity contribution in [3.8, 4) is 0 Å². The maximum Gasteiger partial charge on any atom is 0.333 e. The van der Waals surface area contributed by atoms with Gasteiger partial charge >= 0.3 is 13.6 Å². The second-order valence-corrected chi connectivity index (χ2v) is 6.57. The van der Waals surface area contributed by atoms with E-state index in [0.717, 1.165) is 6.08 Å². The van der Waals surface area contributed by atoms with Gasteiger partial charge in [-0.2, -0.15) is 0 Å². The first-order valence-corrected chi connectivity index (χ1v) is 7.15. The molecule has 5 nitrogen and oxygen atoms in total. The highest BCUT2D eigenvalue weighted by atomic mass is 31.2. The predicted molar refractivity (Wildman–Crippen MR) is 66.1 cm³/mol. The lowest BCUT2D eigenvalue weighted by atomic mass is 10.5. The first-order chi connectivity index (χ1) is 7.81. The Hall–Kier alpha value is -0.640. The van der Waals surface area contributed by atoms with Crippen molar-refractivity contribution >= 4 is 13.6 Å². The molecular formula is C11H21O5P. The molecule has 0 spiro atoms. The molecule has 0 saturated carbocycles. The van der Waals surface area contributed by atoms with Crippen molar-refractivity contribution in [2.24, 2.45) is 0 Å². The number of esters is 1. The van der Waals surface area contributed by atoms with Gasteiger partial charge in [-0.1, -0.05) is 20.4 Å². The number of carbonyl (C=O) groups is 1. The van der Waals surface area contributed by atoms with Gasteiger partial charge in [-0.3, -0.25) is 4.57 Å². The van der Waals surface area contributed by atoms with E-state index in [9.17, 15) is 9.36 Å². The van der Waals surface area contributed by atoms with Gasteiger partial charge in [0.2, 0.25) is 0 Å². The van der Waals surface area contributed by atoms with Crippen molar-refractivity contribution in [1.29, 1.82) is 0 Å². The van der Waals surface area contributed by atoms with Gasteiger partial charge in [-0.05, 0) is 13.8 Å². The molecule has 0 aromatic heterocycles. The average molecular weight is 264 g/mol. The quantitative estimate of drug-likeness (QED) is 0.292. The standard InChI is InChI=1S/C11H21O5P/c1-6-11(12)14-7-8-15-17(13,10(4)5)16-9(2)3/h6,9-10H,1,7-8H2,2-5H3. The number of rotatable bonds is 8. The van der Waals surface area contributed by atoms with Gasteiger partial charge < -0.3 is 13.8 Å². The number of ether oxygens (including phenoxy) is 1. The largest absolute Gasteiger partial charge is 0.460 e. The summed E-state index contributed by atoms with van der Waals surface area (Å²) in [4.78, 5) is 10.8. The zero-order valence-corrected chi connectivity index (χ0v) is 11.7. The van der Waals surface area contributed by atoms with Crippen LogP contribution in [0.1, 0.15) is 27.7 Å². The van der Waals surface area contributed by atoms with Crippen LogP contribution in [0.25, 0.3) is 0 Å². The lowest BCUT2D eigenvalue weighted by molar-refractivity contribution is -0.138. The number of hydrogen-bond donors (Lipinski definition) is 0. The monoisotopic (exact) mass is 264 g/mol. The van der Waals surface area contributed by atoms with Crippen LogP contribution in [0.4, 0.5) is 0 Å². The highest BCUT2D eigenvalue weighted by Gasteiger charge is 2.30. The molecule has 6 heteroatoms. The van der Waals surface area contributed by atoms with Crippen molar-refractivity contribution in [3.05, 3.63) is 12.7 Å². The average Bonchev–Trinajstić information content (AvgIpc) is 2.22. The third-order valence-electron chi connectivity index (χ3n) is 1.76. The summed E-state index contributed by atoms with van der Waals surface area (Å²) in [6.07, 6.45) is 0.881. The molecule has 0 bridgehead atoms. The van der Waals surface area contributed by atoms with E-state index in [1.807, 2.05) is 0 Å². The minimum absolute atomic E-state index is 0.0308.